The molecule has 0 radical (unpaired) electrons. The molecule has 0 aromatic heterocycles. The van der Waals surface area contributed by atoms with Gasteiger partial charge >= 0.3 is 0 Å². The van der Waals surface area contributed by atoms with E-state index in [9.17, 15) is 4.79 Å². The number of para-hydroxylation sites is 1. The second kappa shape index (κ2) is 3.92. The van der Waals surface area contributed by atoms with E-state index in [1.165, 1.54) is 0 Å². The molecule has 0 saturated heterocycles. The number of nitrogen functional groups attached to an aromatic ring is 1. The summed E-state index contributed by atoms with van der Waals surface area (Å²) in [6, 6.07) is 5.39. The predicted molar refractivity (Wildman–Crippen MR) is 57.7 cm³/mol. The van der Waals surface area contributed by atoms with E-state index in [1.54, 1.807) is 6.07 Å². The number of carbonyl (C=O) groups is 1. The zero-order valence-electron chi connectivity index (χ0n) is 7.67. The molecule has 2 N–H and O–H groups in total. The first-order valence-electron chi connectivity index (χ1n) is 4.12. The lowest BCUT2D eigenvalue weighted by molar-refractivity contribution is 0.0940. The van der Waals surface area contributed by atoms with Gasteiger partial charge in [0.1, 0.15) is 0 Å². The zero-order valence-corrected chi connectivity index (χ0v) is 9.26. The quantitative estimate of drug-likeness (QED) is 0.640. The summed E-state index contributed by atoms with van der Waals surface area (Å²) in [7, 11) is 0. The molecule has 2 nitrogen and oxygen atoms in total. The highest BCUT2D eigenvalue weighted by atomic mass is 79.9. The van der Waals surface area contributed by atoms with E-state index in [0.29, 0.717) is 11.3 Å². The fourth-order valence-corrected chi connectivity index (χ4v) is 1.43. The SMILES string of the molecule is CC(C)C(=O)c1cccc(Br)c1N. The molecule has 0 fully saturated rings. The molecule has 0 unspecified atom stereocenters. The van der Waals surface area contributed by atoms with Crippen LogP contribution in [0, 0.1) is 5.92 Å². The van der Waals surface area contributed by atoms with Crippen molar-refractivity contribution in [1.29, 1.82) is 0 Å². The normalized spacial score (nSPS) is 10.5. The number of carbonyl (C=O) groups excluding carboxylic acids is 1. The van der Waals surface area contributed by atoms with E-state index < -0.39 is 0 Å². The van der Waals surface area contributed by atoms with Crippen molar-refractivity contribution in [3.05, 3.63) is 28.2 Å². The molecule has 1 aromatic rings. The molecule has 0 aliphatic rings. The maximum atomic E-state index is 11.6. The molecule has 70 valence electrons. The molecule has 3 heteroatoms. The van der Waals surface area contributed by atoms with Crippen molar-refractivity contribution in [1.82, 2.24) is 0 Å². The molecule has 0 atom stereocenters. The number of nitrogens with two attached hydrogens (primary N) is 1. The van der Waals surface area contributed by atoms with Gasteiger partial charge in [-0.05, 0) is 28.1 Å². The monoisotopic (exact) mass is 241 g/mol. The van der Waals surface area contributed by atoms with Crippen molar-refractivity contribution in [3.8, 4) is 0 Å². The smallest absolute Gasteiger partial charge is 0.167 e. The van der Waals surface area contributed by atoms with Gasteiger partial charge in [0.15, 0.2) is 5.78 Å². The molecule has 13 heavy (non-hydrogen) atoms. The van der Waals surface area contributed by atoms with Crippen LogP contribution in [0.4, 0.5) is 5.69 Å². The Hall–Kier alpha value is -0.830. The first-order chi connectivity index (χ1) is 6.04. The Morgan fingerprint density at radius 3 is 2.62 bits per heavy atom. The van der Waals surface area contributed by atoms with Gasteiger partial charge in [-0.25, -0.2) is 0 Å². The number of Topliss-reactive ketones (excluding diaryl/α,β-unsaturated/α-hetero) is 1. The van der Waals surface area contributed by atoms with Crippen molar-refractivity contribution < 1.29 is 4.79 Å². The van der Waals surface area contributed by atoms with Gasteiger partial charge in [-0.1, -0.05) is 19.9 Å². The predicted octanol–water partition coefficient (Wildman–Crippen LogP) is 2.87. The molecule has 0 spiro atoms. The molecule has 0 amide bonds. The van der Waals surface area contributed by atoms with E-state index in [0.717, 1.165) is 4.47 Å². The summed E-state index contributed by atoms with van der Waals surface area (Å²) in [6.07, 6.45) is 0. The molecule has 1 rings (SSSR count). The summed E-state index contributed by atoms with van der Waals surface area (Å²) in [6.45, 7) is 3.73. The topological polar surface area (TPSA) is 43.1 Å². The Labute approximate surface area is 86.3 Å². The molecular weight excluding hydrogens is 230 g/mol. The number of halogens is 1. The van der Waals surface area contributed by atoms with Gasteiger partial charge in [0, 0.05) is 16.0 Å². The fourth-order valence-electron chi connectivity index (χ4n) is 1.06. The first kappa shape index (κ1) is 10.3. The van der Waals surface area contributed by atoms with E-state index in [2.05, 4.69) is 15.9 Å². The highest BCUT2D eigenvalue weighted by Crippen LogP contribution is 2.24. The minimum Gasteiger partial charge on any atom is -0.397 e. The summed E-state index contributed by atoms with van der Waals surface area (Å²) >= 11 is 3.29. The summed E-state index contributed by atoms with van der Waals surface area (Å²) < 4.78 is 0.777. The summed E-state index contributed by atoms with van der Waals surface area (Å²) in [5, 5.41) is 0. The molecule has 0 bridgehead atoms. The summed E-state index contributed by atoms with van der Waals surface area (Å²) in [5.41, 5.74) is 6.88. The third kappa shape index (κ3) is 2.10. The highest BCUT2D eigenvalue weighted by molar-refractivity contribution is 9.10. The van der Waals surface area contributed by atoms with Crippen LogP contribution in [0.5, 0.6) is 0 Å². The van der Waals surface area contributed by atoms with Crippen LogP contribution < -0.4 is 5.73 Å². The summed E-state index contributed by atoms with van der Waals surface area (Å²) in [4.78, 5) is 11.6. The van der Waals surface area contributed by atoms with Crippen molar-refractivity contribution in [3.63, 3.8) is 0 Å². The lowest BCUT2D eigenvalue weighted by Crippen LogP contribution is -2.10. The number of benzene rings is 1. The second-order valence-corrected chi connectivity index (χ2v) is 4.07. The molecular formula is C10H12BrNO. The van der Waals surface area contributed by atoms with Gasteiger partial charge in [-0.15, -0.1) is 0 Å². The van der Waals surface area contributed by atoms with Crippen LogP contribution in [0.1, 0.15) is 24.2 Å². The van der Waals surface area contributed by atoms with Crippen LogP contribution in [0.15, 0.2) is 22.7 Å². The zero-order chi connectivity index (χ0) is 10.0. The van der Waals surface area contributed by atoms with Crippen molar-refractivity contribution in [2.45, 2.75) is 13.8 Å². The standard InChI is InChI=1S/C10H12BrNO/c1-6(2)10(13)7-4-3-5-8(11)9(7)12/h3-6H,12H2,1-2H3. The largest absolute Gasteiger partial charge is 0.397 e. The van der Waals surface area contributed by atoms with Gasteiger partial charge in [0.05, 0.1) is 5.69 Å². The van der Waals surface area contributed by atoms with Gasteiger partial charge in [-0.3, -0.25) is 4.79 Å². The number of anilines is 1. The number of hydrogen-bond donors (Lipinski definition) is 1. The van der Waals surface area contributed by atoms with Gasteiger partial charge in [-0.2, -0.15) is 0 Å². The molecule has 1 aromatic carbocycles. The summed E-state index contributed by atoms with van der Waals surface area (Å²) in [5.74, 6) is 0.0652. The Balaban J connectivity index is 3.15. The number of ketones is 1. The molecule has 0 aliphatic carbocycles. The van der Waals surface area contributed by atoms with Gasteiger partial charge in [0.2, 0.25) is 0 Å². The van der Waals surface area contributed by atoms with Crippen molar-refractivity contribution >= 4 is 27.4 Å². The minimum absolute atomic E-state index is 0.0170. The number of rotatable bonds is 2. The number of hydrogen-bond acceptors (Lipinski definition) is 2. The van der Waals surface area contributed by atoms with Crippen LogP contribution in [0.2, 0.25) is 0 Å². The van der Waals surface area contributed by atoms with Crippen LogP contribution in [0.3, 0.4) is 0 Å². The third-order valence-electron chi connectivity index (χ3n) is 1.84. The Morgan fingerprint density at radius 1 is 1.46 bits per heavy atom. The van der Waals surface area contributed by atoms with E-state index in [-0.39, 0.29) is 11.7 Å². The lowest BCUT2D eigenvalue weighted by atomic mass is 10.00. The van der Waals surface area contributed by atoms with Crippen LogP contribution in [-0.2, 0) is 0 Å². The van der Waals surface area contributed by atoms with E-state index >= 15 is 0 Å². The van der Waals surface area contributed by atoms with Gasteiger partial charge < -0.3 is 5.73 Å². The first-order valence-corrected chi connectivity index (χ1v) is 4.91. The lowest BCUT2D eigenvalue weighted by Gasteiger charge is -2.08. The molecule has 0 heterocycles. The van der Waals surface area contributed by atoms with E-state index in [4.69, 9.17) is 5.73 Å². The Bertz CT molecular complexity index is 334. The second-order valence-electron chi connectivity index (χ2n) is 3.22. The van der Waals surface area contributed by atoms with Gasteiger partial charge in [0.25, 0.3) is 0 Å². The van der Waals surface area contributed by atoms with Crippen LogP contribution >= 0.6 is 15.9 Å². The van der Waals surface area contributed by atoms with E-state index in [1.807, 2.05) is 26.0 Å². The van der Waals surface area contributed by atoms with Crippen molar-refractivity contribution in [2.75, 3.05) is 5.73 Å². The Kier molecular flexibility index (Phi) is 3.09. The van der Waals surface area contributed by atoms with Crippen LogP contribution in [-0.4, -0.2) is 5.78 Å². The fraction of sp³-hybridized carbons (Fsp3) is 0.300. The van der Waals surface area contributed by atoms with Crippen molar-refractivity contribution in [2.24, 2.45) is 5.92 Å². The minimum atomic E-state index is -0.0170. The molecule has 0 aliphatic heterocycles. The maximum absolute atomic E-state index is 11.6. The highest BCUT2D eigenvalue weighted by Gasteiger charge is 2.14. The Morgan fingerprint density at radius 2 is 2.08 bits per heavy atom. The average Bonchev–Trinajstić information content (AvgIpc) is 2.08. The average molecular weight is 242 g/mol. The van der Waals surface area contributed by atoms with Crippen LogP contribution in [0.25, 0.3) is 0 Å². The third-order valence-corrected chi connectivity index (χ3v) is 2.53. The molecule has 0 saturated carbocycles. The maximum Gasteiger partial charge on any atom is 0.167 e.